The summed E-state index contributed by atoms with van der Waals surface area (Å²) < 4.78 is 22.0. The monoisotopic (exact) mass is 1660 g/mol. The Morgan fingerprint density at radius 3 is 1.14 bits per heavy atom. The number of alkyl halides is 9. The lowest BCUT2D eigenvalue weighted by Crippen LogP contribution is -2.56. The van der Waals surface area contributed by atoms with Crippen molar-refractivity contribution in [2.45, 2.75) is 132 Å². The van der Waals surface area contributed by atoms with Gasteiger partial charge in [-0.1, -0.05) is 169 Å². The molecular formula is C49H57Br5Cl9N7O13. The van der Waals surface area contributed by atoms with E-state index in [-0.39, 0.29) is 35.1 Å². The minimum absolute atomic E-state index is 0.00447. The molecule has 3 unspecified atom stereocenters. The molecule has 7 rings (SSSR count). The lowest BCUT2D eigenvalue weighted by molar-refractivity contribution is 0.0754. The summed E-state index contributed by atoms with van der Waals surface area (Å²) in [4.78, 5) is 68.9. The van der Waals surface area contributed by atoms with E-state index in [4.69, 9.17) is 132 Å². The normalized spacial score (nSPS) is 15.0. The van der Waals surface area contributed by atoms with Crippen LogP contribution in [0.2, 0.25) is 0 Å². The van der Waals surface area contributed by atoms with Crippen LogP contribution in [0, 0.1) is 0 Å². The van der Waals surface area contributed by atoms with Gasteiger partial charge in [0.25, 0.3) is 23.6 Å². The number of aldehydes is 1. The van der Waals surface area contributed by atoms with Crippen molar-refractivity contribution in [1.82, 2.24) is 21.3 Å². The van der Waals surface area contributed by atoms with Crippen molar-refractivity contribution in [2.24, 2.45) is 16.5 Å². The number of amides is 4. The van der Waals surface area contributed by atoms with Gasteiger partial charge >= 0.3 is 0 Å². The van der Waals surface area contributed by atoms with E-state index < -0.39 is 53.6 Å². The Hall–Kier alpha value is -1.82. The van der Waals surface area contributed by atoms with Gasteiger partial charge in [0.1, 0.15) is 37.5 Å². The molecule has 464 valence electrons. The molecule has 20 nitrogen and oxygen atoms in total. The van der Waals surface area contributed by atoms with Crippen molar-refractivity contribution >= 4 is 220 Å². The smallest absolute Gasteiger partial charge is 0.289 e. The van der Waals surface area contributed by atoms with E-state index in [9.17, 15) is 39.0 Å². The number of hydrogen-bond donors (Lipinski definition) is 8. The molecular weight excluding hydrogens is 1610 g/mol. The highest BCUT2D eigenvalue weighted by Gasteiger charge is 2.37. The molecule has 0 radical (unpaired) electrons. The van der Waals surface area contributed by atoms with Crippen molar-refractivity contribution in [3.63, 3.8) is 0 Å². The minimum atomic E-state index is -1.99. The van der Waals surface area contributed by atoms with Crippen LogP contribution in [0.1, 0.15) is 143 Å². The Morgan fingerprint density at radius 1 is 0.554 bits per heavy atom. The Bertz CT molecular complexity index is 2660. The Balaban J connectivity index is 0.000000512. The highest BCUT2D eigenvalue weighted by molar-refractivity contribution is 9.11. The molecule has 0 saturated heterocycles. The first-order valence-corrected chi connectivity index (χ1v) is 31.6. The number of aliphatic hydroxyl groups is 2. The van der Waals surface area contributed by atoms with Crippen LogP contribution in [0.15, 0.2) is 111 Å². The standard InChI is InChI=1S/C15H20BrCl3N2O2.C9H15NO.2C7H5BrCl3NO3.C5H4BrNO2.C5H3BrO2.CH5N/c16-10-8-12(23-9-10)13(22)21-14(15(17,18)19)20-11-6-4-2-1-3-5-7-11;11-8-10-9-6-4-2-1-3-5-7-9;2*8-3-1-4(15-2-3)5(13)12-6(14)7(9,10)11;6-3-1-4(5(7)8)9-2-3;6-4-1-5(2-7)8-3-4;1-2/h8-9,11,14,20H,1-7H2,(H,21,22);9H,1-7H2;2*1-2,6,14H,(H,12,13);1-2H,(H2,7,8);1-3H;2H2,1H3. The molecule has 2 aliphatic rings. The first-order valence-electron chi connectivity index (χ1n) is 24.3. The summed E-state index contributed by atoms with van der Waals surface area (Å²) in [7, 11) is 1.50. The minimum Gasteiger partial charge on any atom is -0.460 e. The average molecular weight is 1670 g/mol. The van der Waals surface area contributed by atoms with Crippen LogP contribution in [0.4, 0.5) is 0 Å². The van der Waals surface area contributed by atoms with Crippen molar-refractivity contribution < 1.29 is 61.1 Å². The van der Waals surface area contributed by atoms with Crippen LogP contribution in [0.25, 0.3) is 0 Å². The highest BCUT2D eigenvalue weighted by Crippen LogP contribution is 2.32. The van der Waals surface area contributed by atoms with E-state index in [1.807, 2.05) is 0 Å². The second kappa shape index (κ2) is 42.2. The second-order valence-corrected chi connectivity index (χ2v) is 28.6. The summed E-state index contributed by atoms with van der Waals surface area (Å²) >= 11 is 65.8. The summed E-state index contributed by atoms with van der Waals surface area (Å²) in [5.74, 6) is -1.68. The maximum absolute atomic E-state index is 12.2. The molecule has 10 N–H and O–H groups in total. The number of halogens is 14. The molecule has 83 heavy (non-hydrogen) atoms. The summed E-state index contributed by atoms with van der Waals surface area (Å²) in [6, 6.07) is 8.03. The van der Waals surface area contributed by atoms with Crippen LogP contribution >= 0.6 is 184 Å². The predicted octanol–water partition coefficient (Wildman–Crippen LogP) is 15.1. The number of hydrogen-bond acceptors (Lipinski definition) is 16. The molecule has 4 amide bonds. The molecule has 0 spiro atoms. The topological polar surface area (TPSA) is 321 Å². The number of primary amides is 1. The maximum atomic E-state index is 12.2. The van der Waals surface area contributed by atoms with Gasteiger partial charge in [0.2, 0.25) is 17.5 Å². The highest BCUT2D eigenvalue weighted by atomic mass is 79.9. The van der Waals surface area contributed by atoms with Crippen molar-refractivity contribution in [3.05, 3.63) is 113 Å². The molecule has 3 atom stereocenters. The average Bonchev–Trinajstić information content (AvgIpc) is 4.29. The lowest BCUT2D eigenvalue weighted by atomic mass is 9.96. The van der Waals surface area contributed by atoms with E-state index in [1.165, 1.54) is 108 Å². The predicted molar refractivity (Wildman–Crippen MR) is 339 cm³/mol. The molecule has 0 aliphatic heterocycles. The maximum Gasteiger partial charge on any atom is 0.289 e. The van der Waals surface area contributed by atoms with E-state index >= 15 is 0 Å². The number of nitrogens with one attached hydrogen (secondary N) is 4. The van der Waals surface area contributed by atoms with Gasteiger partial charge in [-0.15, -0.1) is 0 Å². The number of aliphatic imine (C=N–C) groups is 1. The quantitative estimate of drug-likeness (QED) is 0.0200. The van der Waals surface area contributed by atoms with E-state index in [2.05, 4.69) is 112 Å². The number of isocyanates is 1. The number of nitrogens with zero attached hydrogens (tertiary/aromatic N) is 1. The fourth-order valence-electron chi connectivity index (χ4n) is 6.60. The van der Waals surface area contributed by atoms with Gasteiger partial charge in [-0.05, 0) is 112 Å². The third-order valence-corrected chi connectivity index (χ3v) is 14.4. The number of carbonyl (C=O) groups is 5. The van der Waals surface area contributed by atoms with E-state index in [0.29, 0.717) is 25.5 Å². The van der Waals surface area contributed by atoms with Crippen LogP contribution < -0.4 is 32.7 Å². The summed E-state index contributed by atoms with van der Waals surface area (Å²) in [6.45, 7) is 0. The molecule has 5 heterocycles. The second-order valence-electron chi connectivity index (χ2n) is 16.9. The molecule has 2 saturated carbocycles. The van der Waals surface area contributed by atoms with Crippen molar-refractivity contribution in [1.29, 1.82) is 0 Å². The van der Waals surface area contributed by atoms with E-state index in [1.54, 1.807) is 18.2 Å². The van der Waals surface area contributed by atoms with Gasteiger partial charge in [0.15, 0.2) is 47.5 Å². The molecule has 2 fully saturated rings. The zero-order chi connectivity index (χ0) is 62.9. The summed E-state index contributed by atoms with van der Waals surface area (Å²) in [5.41, 5.74) is 9.37. The molecule has 5 aromatic heterocycles. The Morgan fingerprint density at radius 2 is 0.880 bits per heavy atom. The van der Waals surface area contributed by atoms with E-state index in [0.717, 1.165) is 47.5 Å². The third kappa shape index (κ3) is 35.1. The van der Waals surface area contributed by atoms with Gasteiger partial charge in [-0.25, -0.2) is 9.79 Å². The number of furan rings is 5. The zero-order valence-corrected chi connectivity index (χ0v) is 58.1. The van der Waals surface area contributed by atoms with Crippen LogP contribution in [-0.4, -0.2) is 95.3 Å². The Kier molecular flexibility index (Phi) is 40.2. The molecule has 0 aromatic carbocycles. The number of carbonyl (C=O) groups excluding carboxylic acids is 6. The Labute approximate surface area is 565 Å². The molecule has 5 aromatic rings. The SMILES string of the molecule is CN.NC(=O)c1cc(Br)co1.O=C(NC(NC1CCCCCCC1)C(Cl)(Cl)Cl)c1cc(Br)co1.O=C(NC(O)C(Cl)(Cl)Cl)c1cc(Br)co1.O=C(NC(O)C(Cl)(Cl)Cl)c1cc(Br)co1.O=C=NC1CCCCCCC1.O=Cc1cc(Br)co1. The van der Waals surface area contributed by atoms with Gasteiger partial charge in [0, 0.05) is 36.4 Å². The largest absolute Gasteiger partial charge is 0.460 e. The number of nitrogens with two attached hydrogens (primary N) is 2. The summed E-state index contributed by atoms with van der Waals surface area (Å²) in [5, 5.41) is 28.6. The van der Waals surface area contributed by atoms with Gasteiger partial charge < -0.3 is 59.7 Å². The molecule has 34 heteroatoms. The van der Waals surface area contributed by atoms with Gasteiger partial charge in [0.05, 0.1) is 28.4 Å². The van der Waals surface area contributed by atoms with Gasteiger partial charge in [-0.3, -0.25) is 29.3 Å². The summed E-state index contributed by atoms with van der Waals surface area (Å²) in [6.07, 6.45) is 21.9. The lowest BCUT2D eigenvalue weighted by Gasteiger charge is -2.31. The van der Waals surface area contributed by atoms with Crippen molar-refractivity contribution in [3.8, 4) is 0 Å². The van der Waals surface area contributed by atoms with Crippen LogP contribution in [-0.2, 0) is 4.79 Å². The number of aliphatic hydroxyl groups excluding tert-OH is 2. The van der Waals surface area contributed by atoms with Crippen LogP contribution in [0.5, 0.6) is 0 Å². The zero-order valence-electron chi connectivity index (χ0n) is 43.4. The first kappa shape index (κ1) is 79.2. The first-order chi connectivity index (χ1) is 38.9. The number of rotatable bonds is 11. The third-order valence-electron chi connectivity index (χ3n) is 10.5. The fourth-order valence-corrected chi connectivity index (χ4v) is 8.80. The van der Waals surface area contributed by atoms with Gasteiger partial charge in [-0.2, -0.15) is 0 Å². The fraction of sp³-hybridized carbons (Fsp3) is 0.469. The molecule has 2 aliphatic carbocycles. The van der Waals surface area contributed by atoms with Crippen molar-refractivity contribution in [2.75, 3.05) is 7.05 Å². The van der Waals surface area contributed by atoms with Crippen LogP contribution in [0.3, 0.4) is 0 Å². The molecule has 0 bridgehead atoms.